The minimum absolute atomic E-state index is 0.607. The van der Waals surface area contributed by atoms with Crippen LogP contribution in [0.15, 0.2) is 30.6 Å². The maximum Gasteiger partial charge on any atom is 0.221 e. The molecule has 1 saturated heterocycles. The Bertz CT molecular complexity index is 513. The molecule has 2 heterocycles. The van der Waals surface area contributed by atoms with Crippen molar-refractivity contribution >= 4 is 5.95 Å². The normalized spacial score (nSPS) is 16.6. The molecular weight excluding hydrogens is 252 g/mol. The summed E-state index contributed by atoms with van der Waals surface area (Å²) in [4.78, 5) is 8.90. The van der Waals surface area contributed by atoms with Gasteiger partial charge in [0.25, 0.3) is 0 Å². The summed E-state index contributed by atoms with van der Waals surface area (Å²) in [5.74, 6) is 0.872. The highest BCUT2D eigenvalue weighted by atomic mass is 15.4. The van der Waals surface area contributed by atoms with Crippen molar-refractivity contribution in [1.82, 2.24) is 20.1 Å². The van der Waals surface area contributed by atoms with Crippen LogP contribution in [0, 0.1) is 0 Å². The monoisotopic (exact) mass is 272 g/mol. The third-order valence-corrected chi connectivity index (χ3v) is 3.74. The van der Waals surface area contributed by atoms with E-state index in [1.165, 1.54) is 11.1 Å². The van der Waals surface area contributed by atoms with Gasteiger partial charge < -0.3 is 10.6 Å². The lowest BCUT2D eigenvalue weighted by Gasteiger charge is -2.34. The van der Waals surface area contributed by atoms with Crippen LogP contribution in [0.1, 0.15) is 11.1 Å². The van der Waals surface area contributed by atoms with Crippen molar-refractivity contribution in [2.45, 2.75) is 13.1 Å². The zero-order chi connectivity index (χ0) is 13.8. The Morgan fingerprint density at radius 3 is 2.35 bits per heavy atom. The number of nitrogens with one attached hydrogen (secondary N) is 1. The average Bonchev–Trinajstić information content (AvgIpc) is 3.03. The summed E-state index contributed by atoms with van der Waals surface area (Å²) >= 11 is 0. The van der Waals surface area contributed by atoms with Gasteiger partial charge >= 0.3 is 0 Å². The molecule has 1 fully saturated rings. The van der Waals surface area contributed by atoms with E-state index in [-0.39, 0.29) is 0 Å². The number of nitrogens with zero attached hydrogens (tertiary/aromatic N) is 4. The van der Waals surface area contributed by atoms with Crippen LogP contribution in [0.2, 0.25) is 0 Å². The maximum absolute atomic E-state index is 5.62. The van der Waals surface area contributed by atoms with Crippen LogP contribution in [0.3, 0.4) is 0 Å². The molecule has 1 aromatic heterocycles. The number of nitrogens with two attached hydrogens (primary N) is 1. The van der Waals surface area contributed by atoms with Gasteiger partial charge in [-0.2, -0.15) is 10.1 Å². The lowest BCUT2D eigenvalue weighted by atomic mass is 10.1. The minimum Gasteiger partial charge on any atom is -0.339 e. The fourth-order valence-electron chi connectivity index (χ4n) is 2.51. The Morgan fingerprint density at radius 1 is 1.05 bits per heavy atom. The number of anilines is 1. The number of benzene rings is 1. The number of H-pyrrole nitrogens is 1. The van der Waals surface area contributed by atoms with E-state index in [0.29, 0.717) is 6.54 Å². The molecule has 6 nitrogen and oxygen atoms in total. The van der Waals surface area contributed by atoms with Gasteiger partial charge in [0.05, 0.1) is 0 Å². The number of piperazine rings is 1. The van der Waals surface area contributed by atoms with E-state index in [4.69, 9.17) is 5.73 Å². The van der Waals surface area contributed by atoms with Crippen LogP contribution < -0.4 is 10.6 Å². The SMILES string of the molecule is NCc1ccc(CN2CCN(c3ncn[nH]3)CC2)cc1. The predicted molar refractivity (Wildman–Crippen MR) is 78.2 cm³/mol. The van der Waals surface area contributed by atoms with E-state index in [1.54, 1.807) is 6.33 Å². The Labute approximate surface area is 118 Å². The van der Waals surface area contributed by atoms with E-state index in [2.05, 4.69) is 49.2 Å². The first-order valence-electron chi connectivity index (χ1n) is 6.96. The van der Waals surface area contributed by atoms with E-state index in [9.17, 15) is 0 Å². The lowest BCUT2D eigenvalue weighted by molar-refractivity contribution is 0.249. The van der Waals surface area contributed by atoms with Crippen molar-refractivity contribution in [2.24, 2.45) is 5.73 Å². The molecule has 106 valence electrons. The molecule has 3 rings (SSSR count). The Morgan fingerprint density at radius 2 is 1.75 bits per heavy atom. The summed E-state index contributed by atoms with van der Waals surface area (Å²) in [5.41, 5.74) is 8.14. The molecule has 0 radical (unpaired) electrons. The number of rotatable bonds is 4. The van der Waals surface area contributed by atoms with Crippen LogP contribution >= 0.6 is 0 Å². The van der Waals surface area contributed by atoms with Crippen LogP contribution in [0.5, 0.6) is 0 Å². The first-order chi connectivity index (χ1) is 9.85. The molecular formula is C14H20N6. The van der Waals surface area contributed by atoms with Gasteiger partial charge in [-0.3, -0.25) is 4.90 Å². The van der Waals surface area contributed by atoms with Crippen molar-refractivity contribution in [3.8, 4) is 0 Å². The molecule has 1 aliphatic rings. The van der Waals surface area contributed by atoms with Gasteiger partial charge in [-0.05, 0) is 11.1 Å². The van der Waals surface area contributed by atoms with E-state index >= 15 is 0 Å². The van der Waals surface area contributed by atoms with Gasteiger partial charge in [-0.25, -0.2) is 5.10 Å². The van der Waals surface area contributed by atoms with E-state index in [0.717, 1.165) is 38.7 Å². The van der Waals surface area contributed by atoms with Gasteiger partial charge in [0.1, 0.15) is 6.33 Å². The van der Waals surface area contributed by atoms with Gasteiger partial charge in [-0.1, -0.05) is 24.3 Å². The second-order valence-corrected chi connectivity index (χ2v) is 5.09. The predicted octanol–water partition coefficient (Wildman–Crippen LogP) is 0.586. The molecule has 0 bridgehead atoms. The summed E-state index contributed by atoms with van der Waals surface area (Å²) in [5, 5.41) is 6.82. The van der Waals surface area contributed by atoms with Gasteiger partial charge in [0, 0.05) is 39.3 Å². The van der Waals surface area contributed by atoms with Crippen molar-refractivity contribution in [3.05, 3.63) is 41.7 Å². The molecule has 0 saturated carbocycles. The molecule has 6 heteroatoms. The smallest absolute Gasteiger partial charge is 0.221 e. The summed E-state index contributed by atoms with van der Waals surface area (Å²) in [6.45, 7) is 5.65. The summed E-state index contributed by atoms with van der Waals surface area (Å²) < 4.78 is 0. The topological polar surface area (TPSA) is 74.1 Å². The van der Waals surface area contributed by atoms with Crippen molar-refractivity contribution in [1.29, 1.82) is 0 Å². The number of aromatic nitrogens is 3. The average molecular weight is 272 g/mol. The number of hydrogen-bond acceptors (Lipinski definition) is 5. The highest BCUT2D eigenvalue weighted by molar-refractivity contribution is 5.28. The minimum atomic E-state index is 0.607. The van der Waals surface area contributed by atoms with Crippen molar-refractivity contribution in [2.75, 3.05) is 31.1 Å². The zero-order valence-corrected chi connectivity index (χ0v) is 11.5. The highest BCUT2D eigenvalue weighted by Crippen LogP contribution is 2.12. The molecule has 0 spiro atoms. The molecule has 0 aliphatic carbocycles. The molecule has 1 aliphatic heterocycles. The van der Waals surface area contributed by atoms with Gasteiger partial charge in [0.15, 0.2) is 0 Å². The second-order valence-electron chi connectivity index (χ2n) is 5.09. The standard InChI is InChI=1S/C14H20N6/c15-9-12-1-3-13(4-2-12)10-19-5-7-20(8-6-19)14-16-11-17-18-14/h1-4,11H,5-10,15H2,(H,16,17,18). The molecule has 0 unspecified atom stereocenters. The Kier molecular flexibility index (Phi) is 3.94. The van der Waals surface area contributed by atoms with Gasteiger partial charge in [-0.15, -0.1) is 0 Å². The lowest BCUT2D eigenvalue weighted by Crippen LogP contribution is -2.46. The highest BCUT2D eigenvalue weighted by Gasteiger charge is 2.18. The molecule has 3 N–H and O–H groups in total. The second kappa shape index (κ2) is 6.02. The summed E-state index contributed by atoms with van der Waals surface area (Å²) in [7, 11) is 0. The summed E-state index contributed by atoms with van der Waals surface area (Å²) in [6.07, 6.45) is 1.56. The quantitative estimate of drug-likeness (QED) is 0.852. The van der Waals surface area contributed by atoms with E-state index < -0.39 is 0 Å². The fourth-order valence-corrected chi connectivity index (χ4v) is 2.51. The molecule has 1 aromatic carbocycles. The fraction of sp³-hybridized carbons (Fsp3) is 0.429. The first-order valence-corrected chi connectivity index (χ1v) is 6.96. The number of hydrogen-bond donors (Lipinski definition) is 2. The molecule has 0 amide bonds. The molecule has 20 heavy (non-hydrogen) atoms. The first kappa shape index (κ1) is 13.1. The Balaban J connectivity index is 1.53. The summed E-state index contributed by atoms with van der Waals surface area (Å²) in [6, 6.07) is 8.57. The Hall–Kier alpha value is -1.92. The van der Waals surface area contributed by atoms with Crippen LogP contribution in [-0.2, 0) is 13.1 Å². The zero-order valence-electron chi connectivity index (χ0n) is 11.5. The van der Waals surface area contributed by atoms with Crippen LogP contribution in [0.4, 0.5) is 5.95 Å². The van der Waals surface area contributed by atoms with E-state index in [1.807, 2.05) is 0 Å². The van der Waals surface area contributed by atoms with Gasteiger partial charge in [0.2, 0.25) is 5.95 Å². The molecule has 2 aromatic rings. The number of aromatic amines is 1. The third-order valence-electron chi connectivity index (χ3n) is 3.74. The van der Waals surface area contributed by atoms with Crippen LogP contribution in [-0.4, -0.2) is 46.3 Å². The largest absolute Gasteiger partial charge is 0.339 e. The third kappa shape index (κ3) is 2.97. The van der Waals surface area contributed by atoms with Crippen molar-refractivity contribution < 1.29 is 0 Å². The molecule has 0 atom stereocenters. The van der Waals surface area contributed by atoms with Crippen molar-refractivity contribution in [3.63, 3.8) is 0 Å². The van der Waals surface area contributed by atoms with Crippen LogP contribution in [0.25, 0.3) is 0 Å². The maximum atomic E-state index is 5.62.